The first-order valence-electron chi connectivity index (χ1n) is 5.26. The number of hydrogen-bond donors (Lipinski definition) is 1. The summed E-state index contributed by atoms with van der Waals surface area (Å²) in [6, 6.07) is 2.50. The van der Waals surface area contributed by atoms with Crippen LogP contribution in [0.3, 0.4) is 0 Å². The summed E-state index contributed by atoms with van der Waals surface area (Å²) in [7, 11) is 0. The fourth-order valence-corrected chi connectivity index (χ4v) is 2.01. The van der Waals surface area contributed by atoms with Gasteiger partial charge in [0.15, 0.2) is 0 Å². The summed E-state index contributed by atoms with van der Waals surface area (Å²) in [6.45, 7) is 1.58. The van der Waals surface area contributed by atoms with E-state index < -0.39 is 29.0 Å². The van der Waals surface area contributed by atoms with E-state index in [1.807, 2.05) is 0 Å². The molecule has 0 unspecified atom stereocenters. The maximum absolute atomic E-state index is 13.7. The lowest BCUT2D eigenvalue weighted by molar-refractivity contribution is -0.140. The molecule has 1 amide bonds. The van der Waals surface area contributed by atoms with Gasteiger partial charge in [-0.3, -0.25) is 10.1 Å². The van der Waals surface area contributed by atoms with Gasteiger partial charge in [-0.05, 0) is 19.1 Å². The number of nitrogens with zero attached hydrogens (tertiary/aromatic N) is 2. The van der Waals surface area contributed by atoms with Crippen LogP contribution in [0.25, 0.3) is 0 Å². The highest BCUT2D eigenvalue weighted by molar-refractivity contribution is 7.09. The van der Waals surface area contributed by atoms with Gasteiger partial charge in [-0.2, -0.15) is 17.5 Å². The Morgan fingerprint density at radius 3 is 2.60 bits per heavy atom. The summed E-state index contributed by atoms with van der Waals surface area (Å²) >= 11 is 0.850. The van der Waals surface area contributed by atoms with Gasteiger partial charge in [0.05, 0.1) is 11.1 Å². The zero-order valence-corrected chi connectivity index (χ0v) is 10.8. The Bertz CT molecular complexity index is 653. The van der Waals surface area contributed by atoms with Crippen LogP contribution in [-0.4, -0.2) is 15.3 Å². The smallest absolute Gasteiger partial charge is 0.296 e. The molecule has 20 heavy (non-hydrogen) atoms. The van der Waals surface area contributed by atoms with Crippen molar-refractivity contribution in [2.24, 2.45) is 0 Å². The van der Waals surface area contributed by atoms with Crippen LogP contribution in [0.2, 0.25) is 0 Å². The van der Waals surface area contributed by atoms with Crippen LogP contribution in [0.4, 0.5) is 22.7 Å². The maximum Gasteiger partial charge on any atom is 0.419 e. The zero-order chi connectivity index (χ0) is 14.9. The molecule has 0 aliphatic carbocycles. The van der Waals surface area contributed by atoms with E-state index in [9.17, 15) is 22.4 Å². The van der Waals surface area contributed by atoms with Gasteiger partial charge in [-0.15, -0.1) is 0 Å². The summed E-state index contributed by atoms with van der Waals surface area (Å²) in [6.07, 6.45) is -4.86. The molecule has 4 nitrogen and oxygen atoms in total. The number of rotatable bonds is 2. The Balaban J connectivity index is 2.31. The van der Waals surface area contributed by atoms with Crippen molar-refractivity contribution in [2.45, 2.75) is 13.1 Å². The van der Waals surface area contributed by atoms with Gasteiger partial charge in [0.1, 0.15) is 11.6 Å². The van der Waals surface area contributed by atoms with Gasteiger partial charge >= 0.3 is 6.18 Å². The average molecular weight is 305 g/mol. The average Bonchev–Trinajstić information content (AvgIpc) is 2.73. The second kappa shape index (κ2) is 5.16. The number of carbonyl (C=O) groups excluding carboxylic acids is 1. The minimum Gasteiger partial charge on any atom is -0.296 e. The van der Waals surface area contributed by atoms with Gasteiger partial charge in [0.2, 0.25) is 5.13 Å². The standard InChI is InChI=1S/C11H7F4N3OS/c1-5-16-10(20-18-5)17-9(19)6-3-2-4-7(8(6)12)11(13,14)15/h2-4H,1H3,(H,16,17,18,19). The van der Waals surface area contributed by atoms with E-state index in [0.29, 0.717) is 11.9 Å². The zero-order valence-electron chi connectivity index (χ0n) is 9.95. The number of carbonyl (C=O) groups is 1. The Hall–Kier alpha value is -2.03. The Labute approximate surface area is 114 Å². The lowest BCUT2D eigenvalue weighted by Crippen LogP contribution is -2.17. The Kier molecular flexibility index (Phi) is 3.71. The van der Waals surface area contributed by atoms with E-state index >= 15 is 0 Å². The largest absolute Gasteiger partial charge is 0.419 e. The molecule has 1 heterocycles. The van der Waals surface area contributed by atoms with Crippen molar-refractivity contribution in [3.63, 3.8) is 0 Å². The van der Waals surface area contributed by atoms with Crippen LogP contribution in [-0.2, 0) is 6.18 Å². The molecule has 0 fully saturated rings. The third-order valence-electron chi connectivity index (χ3n) is 2.30. The van der Waals surface area contributed by atoms with E-state index in [-0.39, 0.29) is 5.13 Å². The minimum absolute atomic E-state index is 0.0873. The molecule has 0 spiro atoms. The van der Waals surface area contributed by atoms with Gasteiger partial charge in [-0.1, -0.05) is 6.07 Å². The second-order valence-electron chi connectivity index (χ2n) is 3.77. The van der Waals surface area contributed by atoms with Gasteiger partial charge in [0, 0.05) is 11.5 Å². The monoisotopic (exact) mass is 305 g/mol. The van der Waals surface area contributed by atoms with E-state index in [0.717, 1.165) is 23.7 Å². The number of aryl methyl sites for hydroxylation is 1. The molecule has 2 aromatic rings. The number of nitrogens with one attached hydrogen (secondary N) is 1. The van der Waals surface area contributed by atoms with Crippen LogP contribution < -0.4 is 5.32 Å². The molecule has 0 aliphatic rings. The van der Waals surface area contributed by atoms with E-state index in [2.05, 4.69) is 14.7 Å². The van der Waals surface area contributed by atoms with Crippen LogP contribution in [0, 0.1) is 12.7 Å². The molecule has 0 aliphatic heterocycles. The number of benzene rings is 1. The number of anilines is 1. The van der Waals surface area contributed by atoms with Crippen molar-refractivity contribution in [1.29, 1.82) is 0 Å². The predicted molar refractivity (Wildman–Crippen MR) is 64.0 cm³/mol. The molecule has 0 radical (unpaired) electrons. The first kappa shape index (κ1) is 14.4. The lowest BCUT2D eigenvalue weighted by Gasteiger charge is -2.10. The molecule has 1 N–H and O–H groups in total. The quantitative estimate of drug-likeness (QED) is 0.867. The van der Waals surface area contributed by atoms with E-state index in [1.165, 1.54) is 0 Å². The molecule has 106 valence electrons. The first-order valence-corrected chi connectivity index (χ1v) is 6.03. The summed E-state index contributed by atoms with van der Waals surface area (Å²) in [5, 5.41) is 2.28. The first-order chi connectivity index (χ1) is 9.29. The van der Waals surface area contributed by atoms with E-state index in [1.54, 1.807) is 6.92 Å². The molecule has 0 saturated carbocycles. The molecule has 1 aromatic carbocycles. The van der Waals surface area contributed by atoms with Crippen LogP contribution >= 0.6 is 11.5 Å². The number of alkyl halides is 3. The Morgan fingerprint density at radius 2 is 2.05 bits per heavy atom. The number of aromatic nitrogens is 2. The van der Waals surface area contributed by atoms with Crippen molar-refractivity contribution in [2.75, 3.05) is 5.32 Å². The molecular formula is C11H7F4N3OS. The molecule has 2 rings (SSSR count). The normalized spacial score (nSPS) is 11.4. The number of hydrogen-bond acceptors (Lipinski definition) is 4. The summed E-state index contributed by atoms with van der Waals surface area (Å²) in [5.41, 5.74) is -2.19. The SMILES string of the molecule is Cc1nsc(NC(=O)c2cccc(C(F)(F)F)c2F)n1. The maximum atomic E-state index is 13.7. The molecule has 1 aromatic heterocycles. The van der Waals surface area contributed by atoms with Crippen LogP contribution in [0.1, 0.15) is 21.7 Å². The van der Waals surface area contributed by atoms with Gasteiger partial charge < -0.3 is 0 Å². The van der Waals surface area contributed by atoms with E-state index in [4.69, 9.17) is 0 Å². The predicted octanol–water partition coefficient (Wildman–Crippen LogP) is 3.26. The van der Waals surface area contributed by atoms with Crippen LogP contribution in [0.5, 0.6) is 0 Å². The van der Waals surface area contributed by atoms with Crippen molar-refractivity contribution in [1.82, 2.24) is 9.36 Å². The second-order valence-corrected chi connectivity index (χ2v) is 4.52. The fraction of sp³-hybridized carbons (Fsp3) is 0.182. The van der Waals surface area contributed by atoms with Crippen molar-refractivity contribution in [3.05, 3.63) is 41.0 Å². The summed E-state index contributed by atoms with van der Waals surface area (Å²) < 4.78 is 55.1. The molecule has 9 heteroatoms. The molecule has 0 bridgehead atoms. The minimum atomic E-state index is -4.86. The molecule has 0 atom stereocenters. The topological polar surface area (TPSA) is 54.9 Å². The van der Waals surface area contributed by atoms with Crippen molar-refractivity contribution < 1.29 is 22.4 Å². The highest BCUT2D eigenvalue weighted by atomic mass is 32.1. The van der Waals surface area contributed by atoms with Gasteiger partial charge in [-0.25, -0.2) is 9.37 Å². The summed E-state index contributed by atoms with van der Waals surface area (Å²) in [5.74, 6) is -2.22. The third-order valence-corrected chi connectivity index (χ3v) is 3.02. The molecule has 0 saturated heterocycles. The summed E-state index contributed by atoms with van der Waals surface area (Å²) in [4.78, 5) is 15.6. The van der Waals surface area contributed by atoms with Gasteiger partial charge in [0.25, 0.3) is 5.91 Å². The molecular weight excluding hydrogens is 298 g/mol. The lowest BCUT2D eigenvalue weighted by atomic mass is 10.1. The Morgan fingerprint density at radius 1 is 1.35 bits per heavy atom. The highest BCUT2D eigenvalue weighted by Crippen LogP contribution is 2.32. The highest BCUT2D eigenvalue weighted by Gasteiger charge is 2.35. The fourth-order valence-electron chi connectivity index (χ4n) is 1.44. The third kappa shape index (κ3) is 2.93. The van der Waals surface area contributed by atoms with Crippen molar-refractivity contribution >= 4 is 22.6 Å². The number of halogens is 4. The van der Waals surface area contributed by atoms with Crippen molar-refractivity contribution in [3.8, 4) is 0 Å². The number of amides is 1. The van der Waals surface area contributed by atoms with Crippen LogP contribution in [0.15, 0.2) is 18.2 Å².